The molecule has 0 aliphatic heterocycles. The molecule has 7 nitrogen and oxygen atoms in total. The number of halogens is 1. The molecule has 1 heterocycles. The smallest absolute Gasteiger partial charge is 0.279 e. The fraction of sp³-hybridized carbons (Fsp3) is 0.200. The number of para-hydroxylation sites is 2. The monoisotopic (exact) mass is 382 g/mol. The van der Waals surface area contributed by atoms with Crippen molar-refractivity contribution in [3.8, 4) is 0 Å². The highest BCUT2D eigenvalue weighted by atomic mass is 19.1. The first-order valence-electron chi connectivity index (χ1n) is 8.78. The van der Waals surface area contributed by atoms with E-state index in [4.69, 9.17) is 0 Å². The van der Waals surface area contributed by atoms with Crippen molar-refractivity contribution in [2.45, 2.75) is 26.4 Å². The van der Waals surface area contributed by atoms with Crippen LogP contribution in [0.15, 0.2) is 48.5 Å². The molecule has 144 valence electrons. The number of nitro benzene ring substituents is 1. The van der Waals surface area contributed by atoms with Gasteiger partial charge in [-0.1, -0.05) is 12.1 Å². The van der Waals surface area contributed by atoms with Crippen LogP contribution in [-0.4, -0.2) is 20.4 Å². The van der Waals surface area contributed by atoms with Crippen LogP contribution in [-0.2, 0) is 11.3 Å². The molecule has 0 aliphatic rings. The number of aromatic nitrogens is 2. The highest BCUT2D eigenvalue weighted by molar-refractivity contribution is 5.92. The molecule has 0 saturated heterocycles. The number of rotatable bonds is 6. The molecule has 1 N–H and O–H groups in total. The normalized spacial score (nSPS) is 12.4. The molecule has 0 aliphatic carbocycles. The van der Waals surface area contributed by atoms with Crippen molar-refractivity contribution in [3.05, 3.63) is 75.9 Å². The number of nitrogens with one attached hydrogen (secondary N) is 1. The fourth-order valence-corrected chi connectivity index (χ4v) is 3.06. The zero-order valence-electron chi connectivity index (χ0n) is 15.4. The first-order valence-corrected chi connectivity index (χ1v) is 8.78. The minimum absolute atomic E-state index is 0.148. The molecule has 1 aromatic heterocycles. The Labute approximate surface area is 160 Å². The van der Waals surface area contributed by atoms with Crippen LogP contribution in [0.2, 0.25) is 0 Å². The van der Waals surface area contributed by atoms with Crippen LogP contribution in [0.4, 0.5) is 10.1 Å². The van der Waals surface area contributed by atoms with Crippen LogP contribution < -0.4 is 5.32 Å². The lowest BCUT2D eigenvalue weighted by atomic mass is 10.1. The van der Waals surface area contributed by atoms with Crippen LogP contribution in [0, 0.1) is 15.9 Å². The summed E-state index contributed by atoms with van der Waals surface area (Å²) < 4.78 is 15.2. The summed E-state index contributed by atoms with van der Waals surface area (Å²) in [5, 5.41) is 13.8. The number of carbonyl (C=O) groups excluding carboxylic acids is 1. The van der Waals surface area contributed by atoms with Crippen molar-refractivity contribution in [2.24, 2.45) is 0 Å². The summed E-state index contributed by atoms with van der Waals surface area (Å²) in [6.45, 7) is 4.52. The van der Waals surface area contributed by atoms with E-state index in [2.05, 4.69) is 10.3 Å². The topological polar surface area (TPSA) is 90.1 Å². The molecular weight excluding hydrogens is 363 g/mol. The van der Waals surface area contributed by atoms with Crippen molar-refractivity contribution in [3.63, 3.8) is 0 Å². The largest absolute Gasteiger partial charge is 0.343 e. The summed E-state index contributed by atoms with van der Waals surface area (Å²) in [5.41, 5.74) is 1.58. The van der Waals surface area contributed by atoms with E-state index >= 15 is 0 Å². The fourth-order valence-electron chi connectivity index (χ4n) is 3.06. The molecule has 0 spiro atoms. The van der Waals surface area contributed by atoms with Gasteiger partial charge < -0.3 is 9.88 Å². The molecule has 3 aromatic rings. The van der Waals surface area contributed by atoms with Gasteiger partial charge in [0.2, 0.25) is 5.91 Å². The van der Waals surface area contributed by atoms with Crippen LogP contribution in [0.5, 0.6) is 0 Å². The predicted octanol–water partition coefficient (Wildman–Crippen LogP) is 3.99. The summed E-state index contributed by atoms with van der Waals surface area (Å²) >= 11 is 0. The van der Waals surface area contributed by atoms with Crippen LogP contribution >= 0.6 is 0 Å². The number of hydrogen-bond acceptors (Lipinski definition) is 4. The summed E-state index contributed by atoms with van der Waals surface area (Å²) in [5.74, 6) is -0.417. The second-order valence-electron chi connectivity index (χ2n) is 6.23. The maximum absolute atomic E-state index is 13.2. The number of hydrogen-bond donors (Lipinski definition) is 1. The Balaban J connectivity index is 1.79. The average Bonchev–Trinajstić information content (AvgIpc) is 3.05. The van der Waals surface area contributed by atoms with Gasteiger partial charge in [0, 0.05) is 12.6 Å². The van der Waals surface area contributed by atoms with Crippen molar-refractivity contribution < 1.29 is 14.1 Å². The van der Waals surface area contributed by atoms with Gasteiger partial charge in [-0.2, -0.15) is 0 Å². The third-order valence-electron chi connectivity index (χ3n) is 4.35. The number of nitrogens with zero attached hydrogens (tertiary/aromatic N) is 3. The Kier molecular flexibility index (Phi) is 5.49. The third-order valence-corrected chi connectivity index (χ3v) is 4.35. The van der Waals surface area contributed by atoms with E-state index in [0.29, 0.717) is 6.54 Å². The number of imidazole rings is 1. The van der Waals surface area contributed by atoms with Gasteiger partial charge in [-0.05, 0) is 44.2 Å². The average molecular weight is 382 g/mol. The first kappa shape index (κ1) is 19.2. The lowest BCUT2D eigenvalue weighted by molar-refractivity contribution is -0.385. The maximum atomic E-state index is 13.2. The van der Waals surface area contributed by atoms with Gasteiger partial charge >= 0.3 is 0 Å². The summed E-state index contributed by atoms with van der Waals surface area (Å²) in [6.07, 6.45) is 2.48. The van der Waals surface area contributed by atoms with Crippen molar-refractivity contribution in [2.75, 3.05) is 0 Å². The standard InChI is InChI=1S/C20H19FN4O3/c1-3-24-17-7-5-4-6-16(17)23-20(24)13(2)22-19(26)11-9-14-8-10-15(21)12-18(14)25(27)28/h4-13H,3H2,1-2H3,(H,22,26). The van der Waals surface area contributed by atoms with Crippen LogP contribution in [0.25, 0.3) is 17.1 Å². The molecule has 1 amide bonds. The minimum atomic E-state index is -0.708. The summed E-state index contributed by atoms with van der Waals surface area (Å²) in [7, 11) is 0. The van der Waals surface area contributed by atoms with Gasteiger partial charge in [-0.25, -0.2) is 9.37 Å². The highest BCUT2D eigenvalue weighted by Gasteiger charge is 2.17. The first-order chi connectivity index (χ1) is 13.4. The molecule has 0 radical (unpaired) electrons. The molecule has 0 saturated carbocycles. The molecule has 1 unspecified atom stereocenters. The number of aryl methyl sites for hydroxylation is 1. The lowest BCUT2D eigenvalue weighted by Crippen LogP contribution is -2.27. The van der Waals surface area contributed by atoms with E-state index in [9.17, 15) is 19.3 Å². The number of amides is 1. The third kappa shape index (κ3) is 3.90. The van der Waals surface area contributed by atoms with E-state index in [0.717, 1.165) is 29.0 Å². The maximum Gasteiger partial charge on any atom is 0.279 e. The lowest BCUT2D eigenvalue weighted by Gasteiger charge is -2.14. The van der Waals surface area contributed by atoms with Gasteiger partial charge in [-0.3, -0.25) is 14.9 Å². The van der Waals surface area contributed by atoms with E-state index in [-0.39, 0.29) is 11.6 Å². The predicted molar refractivity (Wildman–Crippen MR) is 104 cm³/mol. The Hall–Kier alpha value is -3.55. The molecule has 0 fully saturated rings. The Morgan fingerprint density at radius 3 is 2.82 bits per heavy atom. The van der Waals surface area contributed by atoms with Crippen molar-refractivity contribution in [1.82, 2.24) is 14.9 Å². The zero-order chi connectivity index (χ0) is 20.3. The second-order valence-corrected chi connectivity index (χ2v) is 6.23. The van der Waals surface area contributed by atoms with E-state index in [1.807, 2.05) is 42.7 Å². The van der Waals surface area contributed by atoms with Gasteiger partial charge in [0.05, 0.1) is 33.6 Å². The second kappa shape index (κ2) is 7.99. The van der Waals surface area contributed by atoms with Gasteiger partial charge in [0.15, 0.2) is 0 Å². The minimum Gasteiger partial charge on any atom is -0.343 e. The number of nitro groups is 1. The molecule has 2 aromatic carbocycles. The van der Waals surface area contributed by atoms with Crippen molar-refractivity contribution in [1.29, 1.82) is 0 Å². The van der Waals surface area contributed by atoms with Crippen LogP contribution in [0.3, 0.4) is 0 Å². The molecule has 28 heavy (non-hydrogen) atoms. The van der Waals surface area contributed by atoms with Gasteiger partial charge in [0.25, 0.3) is 5.69 Å². The highest BCUT2D eigenvalue weighted by Crippen LogP contribution is 2.22. The molecule has 0 bridgehead atoms. The molecule has 8 heteroatoms. The van der Waals surface area contributed by atoms with Gasteiger partial charge in [0.1, 0.15) is 11.6 Å². The van der Waals surface area contributed by atoms with Crippen LogP contribution in [0.1, 0.15) is 31.3 Å². The number of carbonyl (C=O) groups is 1. The van der Waals surface area contributed by atoms with Gasteiger partial charge in [-0.15, -0.1) is 0 Å². The van der Waals surface area contributed by atoms with E-state index < -0.39 is 22.3 Å². The number of benzene rings is 2. The quantitative estimate of drug-likeness (QED) is 0.396. The summed E-state index contributed by atoms with van der Waals surface area (Å²) in [6, 6.07) is 10.5. The molecule has 1 atom stereocenters. The summed E-state index contributed by atoms with van der Waals surface area (Å²) in [4.78, 5) is 27.2. The SMILES string of the molecule is CCn1c(C(C)NC(=O)C=Cc2ccc(F)cc2[N+](=O)[O-])nc2ccccc21. The number of fused-ring (bicyclic) bond motifs is 1. The van der Waals surface area contributed by atoms with Crippen molar-refractivity contribution >= 4 is 28.7 Å². The Bertz CT molecular complexity index is 1070. The zero-order valence-corrected chi connectivity index (χ0v) is 15.4. The van der Waals surface area contributed by atoms with E-state index in [1.54, 1.807) is 0 Å². The van der Waals surface area contributed by atoms with E-state index in [1.165, 1.54) is 18.2 Å². The molecular formula is C20H19FN4O3. The molecule has 3 rings (SSSR count). The Morgan fingerprint density at radius 2 is 2.11 bits per heavy atom. The Morgan fingerprint density at radius 1 is 1.36 bits per heavy atom.